The molecule has 1 atom stereocenters. The van der Waals surface area contributed by atoms with Crippen LogP contribution < -0.4 is 10.6 Å². The maximum atomic E-state index is 12.8. The van der Waals surface area contributed by atoms with Gasteiger partial charge in [0.2, 0.25) is 5.91 Å². The van der Waals surface area contributed by atoms with Crippen molar-refractivity contribution in [3.63, 3.8) is 0 Å². The van der Waals surface area contributed by atoms with Gasteiger partial charge < -0.3 is 10.6 Å². The fourth-order valence-corrected chi connectivity index (χ4v) is 3.31. The first kappa shape index (κ1) is 20.6. The number of halogens is 1. The van der Waals surface area contributed by atoms with Crippen molar-refractivity contribution in [1.29, 1.82) is 0 Å². The van der Waals surface area contributed by atoms with Crippen molar-refractivity contribution >= 4 is 34.8 Å². The van der Waals surface area contributed by atoms with Gasteiger partial charge >= 0.3 is 0 Å². The van der Waals surface area contributed by atoms with Gasteiger partial charge in [0.1, 0.15) is 0 Å². The molecule has 3 aromatic carbocycles. The van der Waals surface area contributed by atoms with Crippen LogP contribution in [0.2, 0.25) is 5.02 Å². The number of carbonyl (C=O) groups is 2. The number of para-hydroxylation sites is 1. The van der Waals surface area contributed by atoms with Gasteiger partial charge in [-0.1, -0.05) is 67.1 Å². The summed E-state index contributed by atoms with van der Waals surface area (Å²) in [5.41, 5.74) is 3.49. The van der Waals surface area contributed by atoms with Gasteiger partial charge in [-0.2, -0.15) is 0 Å². The highest BCUT2D eigenvalue weighted by Gasteiger charge is 2.20. The molecule has 0 saturated heterocycles. The van der Waals surface area contributed by atoms with Crippen molar-refractivity contribution < 1.29 is 9.59 Å². The van der Waals surface area contributed by atoms with E-state index in [0.717, 1.165) is 16.8 Å². The third-order valence-corrected chi connectivity index (χ3v) is 5.14. The number of rotatable bonds is 6. The molecule has 0 fully saturated rings. The lowest BCUT2D eigenvalue weighted by Gasteiger charge is -2.17. The van der Waals surface area contributed by atoms with E-state index in [2.05, 4.69) is 10.6 Å². The lowest BCUT2D eigenvalue weighted by molar-refractivity contribution is -0.117. The molecule has 4 nitrogen and oxygen atoms in total. The van der Waals surface area contributed by atoms with Crippen LogP contribution in [-0.2, 0) is 4.79 Å². The van der Waals surface area contributed by atoms with Crippen LogP contribution in [0.25, 0.3) is 0 Å². The smallest absolute Gasteiger partial charge is 0.255 e. The van der Waals surface area contributed by atoms with Crippen molar-refractivity contribution in [2.75, 3.05) is 10.6 Å². The van der Waals surface area contributed by atoms with Crippen LogP contribution in [0.15, 0.2) is 72.8 Å². The zero-order valence-electron chi connectivity index (χ0n) is 16.4. The molecule has 0 aromatic heterocycles. The van der Waals surface area contributed by atoms with Gasteiger partial charge in [0.25, 0.3) is 5.91 Å². The first-order chi connectivity index (χ1) is 14.0. The minimum Gasteiger partial charge on any atom is -0.324 e. The molecule has 0 aliphatic carbocycles. The van der Waals surface area contributed by atoms with E-state index in [1.165, 1.54) is 0 Å². The van der Waals surface area contributed by atoms with Crippen LogP contribution in [0, 0.1) is 6.92 Å². The summed E-state index contributed by atoms with van der Waals surface area (Å²) >= 11 is 6.28. The van der Waals surface area contributed by atoms with Crippen LogP contribution in [0.1, 0.15) is 40.7 Å². The summed E-state index contributed by atoms with van der Waals surface area (Å²) < 4.78 is 0. The Morgan fingerprint density at radius 1 is 0.897 bits per heavy atom. The van der Waals surface area contributed by atoms with E-state index in [1.54, 1.807) is 18.2 Å². The minimum atomic E-state index is -0.295. The van der Waals surface area contributed by atoms with Crippen molar-refractivity contribution in [2.45, 2.75) is 26.2 Å². The van der Waals surface area contributed by atoms with Crippen LogP contribution in [0.4, 0.5) is 11.4 Å². The van der Waals surface area contributed by atoms with Gasteiger partial charge in [-0.15, -0.1) is 0 Å². The summed E-state index contributed by atoms with van der Waals surface area (Å²) in [6.07, 6.45) is 0.654. The third kappa shape index (κ3) is 5.04. The number of hydrogen-bond acceptors (Lipinski definition) is 2. The zero-order chi connectivity index (χ0) is 20.8. The highest BCUT2D eigenvalue weighted by Crippen LogP contribution is 2.27. The first-order valence-electron chi connectivity index (χ1n) is 9.52. The fraction of sp³-hybridized carbons (Fsp3) is 0.167. The van der Waals surface area contributed by atoms with Crippen molar-refractivity contribution in [3.8, 4) is 0 Å². The Balaban J connectivity index is 1.79. The molecule has 3 aromatic rings. The largest absolute Gasteiger partial charge is 0.324 e. The second-order valence-corrected chi connectivity index (χ2v) is 7.23. The van der Waals surface area contributed by atoms with Gasteiger partial charge in [0.15, 0.2) is 0 Å². The van der Waals surface area contributed by atoms with Gasteiger partial charge in [0, 0.05) is 11.3 Å². The van der Waals surface area contributed by atoms with Gasteiger partial charge in [-0.3, -0.25) is 9.59 Å². The van der Waals surface area contributed by atoms with Crippen molar-refractivity contribution in [1.82, 2.24) is 0 Å². The summed E-state index contributed by atoms with van der Waals surface area (Å²) in [5, 5.41) is 6.15. The lowest BCUT2D eigenvalue weighted by Crippen LogP contribution is -2.21. The average Bonchev–Trinajstić information content (AvgIpc) is 2.72. The number of amides is 2. The minimum absolute atomic E-state index is 0.155. The molecule has 0 saturated carbocycles. The third-order valence-electron chi connectivity index (χ3n) is 4.81. The predicted octanol–water partition coefficient (Wildman–Crippen LogP) is 6.03. The van der Waals surface area contributed by atoms with E-state index in [1.807, 2.05) is 68.4 Å². The van der Waals surface area contributed by atoms with Crippen molar-refractivity contribution in [2.24, 2.45) is 0 Å². The summed E-state index contributed by atoms with van der Waals surface area (Å²) in [6, 6.07) is 22.0. The van der Waals surface area contributed by atoms with E-state index in [0.29, 0.717) is 22.7 Å². The molecular formula is C24H23ClN2O2. The van der Waals surface area contributed by atoms with Crippen LogP contribution in [0.5, 0.6) is 0 Å². The monoisotopic (exact) mass is 406 g/mol. The van der Waals surface area contributed by atoms with Crippen LogP contribution in [-0.4, -0.2) is 11.8 Å². The van der Waals surface area contributed by atoms with Gasteiger partial charge in [-0.25, -0.2) is 0 Å². The summed E-state index contributed by atoms with van der Waals surface area (Å²) in [5.74, 6) is -0.713. The Kier molecular flexibility index (Phi) is 6.68. The van der Waals surface area contributed by atoms with E-state index in [-0.39, 0.29) is 17.7 Å². The highest BCUT2D eigenvalue weighted by molar-refractivity contribution is 6.34. The second kappa shape index (κ2) is 9.39. The maximum absolute atomic E-state index is 12.8. The number of carbonyl (C=O) groups excluding carboxylic acids is 2. The fourth-order valence-electron chi connectivity index (χ4n) is 3.15. The molecule has 0 aliphatic rings. The quantitative estimate of drug-likeness (QED) is 0.524. The first-order valence-corrected chi connectivity index (χ1v) is 9.89. The Hall–Kier alpha value is -3.11. The maximum Gasteiger partial charge on any atom is 0.255 e. The lowest BCUT2D eigenvalue weighted by atomic mass is 9.95. The Bertz CT molecular complexity index is 1020. The standard InChI is InChI=1S/C24H23ClN2O2/c1-3-19(17-10-5-4-6-11-17)24(29)27-22-15-18(13-14-20(22)25)23(28)26-21-12-8-7-9-16(21)2/h4-15,19H,3H2,1-2H3,(H,26,28)(H,27,29)/t19-/m0/s1. The molecule has 5 heteroatoms. The Morgan fingerprint density at radius 2 is 1.59 bits per heavy atom. The molecule has 0 radical (unpaired) electrons. The number of hydrogen-bond donors (Lipinski definition) is 2. The van der Waals surface area contributed by atoms with Crippen molar-refractivity contribution in [3.05, 3.63) is 94.5 Å². The Morgan fingerprint density at radius 3 is 2.28 bits per heavy atom. The molecule has 0 spiro atoms. The molecule has 29 heavy (non-hydrogen) atoms. The molecule has 3 rings (SSSR count). The van der Waals surface area contributed by atoms with Gasteiger partial charge in [0.05, 0.1) is 16.6 Å². The van der Waals surface area contributed by atoms with E-state index in [4.69, 9.17) is 11.6 Å². The number of anilines is 2. The molecule has 0 unspecified atom stereocenters. The molecular weight excluding hydrogens is 384 g/mol. The number of benzene rings is 3. The van der Waals surface area contributed by atoms with E-state index in [9.17, 15) is 9.59 Å². The molecule has 0 bridgehead atoms. The van der Waals surface area contributed by atoms with Gasteiger partial charge in [-0.05, 0) is 48.7 Å². The zero-order valence-corrected chi connectivity index (χ0v) is 17.2. The molecule has 0 aliphatic heterocycles. The van der Waals surface area contributed by atoms with E-state index < -0.39 is 0 Å². The molecule has 148 valence electrons. The summed E-state index contributed by atoms with van der Waals surface area (Å²) in [7, 11) is 0. The van der Waals surface area contributed by atoms with E-state index >= 15 is 0 Å². The summed E-state index contributed by atoms with van der Waals surface area (Å²) in [6.45, 7) is 3.89. The Labute approximate surface area is 175 Å². The SMILES string of the molecule is CC[C@H](C(=O)Nc1cc(C(=O)Nc2ccccc2C)ccc1Cl)c1ccccc1. The number of nitrogens with one attached hydrogen (secondary N) is 2. The normalized spacial score (nSPS) is 11.6. The topological polar surface area (TPSA) is 58.2 Å². The average molecular weight is 407 g/mol. The number of aryl methyl sites for hydroxylation is 1. The summed E-state index contributed by atoms with van der Waals surface area (Å²) in [4.78, 5) is 25.5. The highest BCUT2D eigenvalue weighted by atomic mass is 35.5. The molecule has 2 N–H and O–H groups in total. The molecule has 0 heterocycles. The molecule has 2 amide bonds. The van der Waals surface area contributed by atoms with Crippen LogP contribution in [0.3, 0.4) is 0 Å². The predicted molar refractivity (Wildman–Crippen MR) is 119 cm³/mol. The second-order valence-electron chi connectivity index (χ2n) is 6.82. The van der Waals surface area contributed by atoms with Crippen LogP contribution >= 0.6 is 11.6 Å².